The average Bonchev–Trinajstić information content (AvgIpc) is 2.14. The van der Waals surface area contributed by atoms with Gasteiger partial charge in [-0.15, -0.1) is 22.9 Å². The number of hydrogen-bond donors (Lipinski definition) is 0. The van der Waals surface area contributed by atoms with Gasteiger partial charge in [-0.25, -0.2) is 0 Å². The third kappa shape index (κ3) is 1.16. The van der Waals surface area contributed by atoms with E-state index in [4.69, 9.17) is 23.2 Å². The molecule has 8 heavy (non-hydrogen) atoms. The predicted octanol–water partition coefficient (Wildman–Crippen LogP) is 3.14. The fraction of sp³-hybridized carbons (Fsp3) is 0.200. The fourth-order valence-corrected chi connectivity index (χ4v) is 1.71. The van der Waals surface area contributed by atoms with Crippen molar-refractivity contribution in [1.29, 1.82) is 0 Å². The molecule has 0 unspecified atom stereocenters. The Bertz CT molecular complexity index is 171. The summed E-state index contributed by atoms with van der Waals surface area (Å²) in [6.07, 6.45) is 0. The van der Waals surface area contributed by atoms with Crippen LogP contribution in [0.1, 0.15) is 5.56 Å². The molecule has 0 amide bonds. The molecule has 0 saturated carbocycles. The first-order chi connectivity index (χ1) is 3.84. The van der Waals surface area contributed by atoms with Crippen LogP contribution in [-0.2, 0) is 5.88 Å². The number of hydrogen-bond acceptors (Lipinski definition) is 1. The van der Waals surface area contributed by atoms with Gasteiger partial charge in [-0.1, -0.05) is 11.6 Å². The summed E-state index contributed by atoms with van der Waals surface area (Å²) < 4.78 is 0.806. The molecule has 0 spiro atoms. The zero-order valence-electron chi connectivity index (χ0n) is 4.03. The molecule has 1 heterocycles. The van der Waals surface area contributed by atoms with Gasteiger partial charge in [0.15, 0.2) is 0 Å². The zero-order valence-corrected chi connectivity index (χ0v) is 6.35. The maximum atomic E-state index is 5.67. The maximum Gasteiger partial charge on any atom is 0.0972 e. The minimum atomic E-state index is 0.516. The second-order valence-corrected chi connectivity index (χ2v) is 3.14. The molecule has 3 heteroatoms. The van der Waals surface area contributed by atoms with E-state index in [0.29, 0.717) is 5.88 Å². The summed E-state index contributed by atoms with van der Waals surface area (Å²) in [5.41, 5.74) is 1.03. The van der Waals surface area contributed by atoms with E-state index in [1.807, 2.05) is 11.4 Å². The Morgan fingerprint density at radius 3 is 2.62 bits per heavy atom. The Hall–Kier alpha value is 0.280. The Morgan fingerprint density at radius 1 is 1.62 bits per heavy atom. The molecule has 0 aliphatic heterocycles. The number of halogens is 2. The van der Waals surface area contributed by atoms with E-state index < -0.39 is 0 Å². The highest BCUT2D eigenvalue weighted by Crippen LogP contribution is 2.23. The lowest BCUT2D eigenvalue weighted by Gasteiger charge is -1.83. The predicted molar refractivity (Wildman–Crippen MR) is 38.9 cm³/mol. The molecule has 0 atom stereocenters. The van der Waals surface area contributed by atoms with E-state index in [-0.39, 0.29) is 0 Å². The van der Waals surface area contributed by atoms with Gasteiger partial charge in [0.2, 0.25) is 0 Å². The number of alkyl halides is 1. The maximum absolute atomic E-state index is 5.67. The van der Waals surface area contributed by atoms with E-state index in [1.165, 1.54) is 11.3 Å². The van der Waals surface area contributed by atoms with Crippen LogP contribution in [0.15, 0.2) is 11.4 Å². The van der Waals surface area contributed by atoms with Gasteiger partial charge in [-0.05, 0) is 17.0 Å². The second kappa shape index (κ2) is 2.72. The van der Waals surface area contributed by atoms with Gasteiger partial charge in [-0.2, -0.15) is 0 Å². The van der Waals surface area contributed by atoms with Crippen LogP contribution in [0.2, 0.25) is 4.34 Å². The number of rotatable bonds is 1. The molecule has 1 aromatic heterocycles. The normalized spacial score (nSPS) is 9.75. The molecule has 1 aromatic rings. The molecular formula is C5H4Cl2S. The molecular weight excluding hydrogens is 163 g/mol. The third-order valence-electron chi connectivity index (χ3n) is 0.837. The van der Waals surface area contributed by atoms with Crippen LogP contribution in [0.4, 0.5) is 0 Å². The van der Waals surface area contributed by atoms with Crippen LogP contribution in [0.3, 0.4) is 0 Å². The van der Waals surface area contributed by atoms with Crippen molar-refractivity contribution in [3.63, 3.8) is 0 Å². The van der Waals surface area contributed by atoms with Crippen LogP contribution >= 0.6 is 34.5 Å². The monoisotopic (exact) mass is 166 g/mol. The highest BCUT2D eigenvalue weighted by Gasteiger charge is 1.96. The van der Waals surface area contributed by atoms with E-state index >= 15 is 0 Å². The van der Waals surface area contributed by atoms with Gasteiger partial charge < -0.3 is 0 Å². The summed E-state index contributed by atoms with van der Waals surface area (Å²) in [4.78, 5) is 0. The summed E-state index contributed by atoms with van der Waals surface area (Å²) in [5, 5.41) is 1.93. The highest BCUT2D eigenvalue weighted by atomic mass is 35.5. The average molecular weight is 167 g/mol. The van der Waals surface area contributed by atoms with Gasteiger partial charge in [0, 0.05) is 5.88 Å². The minimum Gasteiger partial charge on any atom is -0.132 e. The molecule has 0 aromatic carbocycles. The SMILES string of the molecule is ClCc1ccsc1Cl. The van der Waals surface area contributed by atoms with Crippen molar-refractivity contribution in [2.24, 2.45) is 0 Å². The summed E-state index contributed by atoms with van der Waals surface area (Å²) in [6.45, 7) is 0. The van der Waals surface area contributed by atoms with Crippen LogP contribution < -0.4 is 0 Å². The molecule has 0 aliphatic carbocycles. The summed E-state index contributed by atoms with van der Waals surface area (Å²) in [5.74, 6) is 0.516. The molecule has 0 nitrogen and oxygen atoms in total. The molecule has 0 fully saturated rings. The Kier molecular flexibility index (Phi) is 2.17. The van der Waals surface area contributed by atoms with E-state index in [9.17, 15) is 0 Å². The van der Waals surface area contributed by atoms with E-state index in [0.717, 1.165) is 9.90 Å². The Morgan fingerprint density at radius 2 is 2.38 bits per heavy atom. The van der Waals surface area contributed by atoms with Crippen molar-refractivity contribution in [2.75, 3.05) is 0 Å². The topological polar surface area (TPSA) is 0 Å². The lowest BCUT2D eigenvalue weighted by molar-refractivity contribution is 1.46. The summed E-state index contributed by atoms with van der Waals surface area (Å²) in [6, 6.07) is 1.93. The standard InChI is InChI=1S/C5H4Cl2S/c6-3-4-1-2-8-5(4)7/h1-2H,3H2. The lowest BCUT2D eigenvalue weighted by atomic mass is 10.4. The smallest absolute Gasteiger partial charge is 0.0972 e. The molecule has 1 rings (SSSR count). The highest BCUT2D eigenvalue weighted by molar-refractivity contribution is 7.14. The Labute approximate surface area is 62.0 Å². The summed E-state index contributed by atoms with van der Waals surface area (Å²) >= 11 is 12.7. The van der Waals surface area contributed by atoms with Gasteiger partial charge in [0.05, 0.1) is 4.34 Å². The minimum absolute atomic E-state index is 0.516. The Balaban J connectivity index is 2.92. The molecule has 44 valence electrons. The largest absolute Gasteiger partial charge is 0.132 e. The van der Waals surface area contributed by atoms with Crippen molar-refractivity contribution in [2.45, 2.75) is 5.88 Å². The van der Waals surface area contributed by atoms with Crippen molar-refractivity contribution in [3.8, 4) is 0 Å². The van der Waals surface area contributed by atoms with Crippen LogP contribution in [-0.4, -0.2) is 0 Å². The first kappa shape index (κ1) is 6.40. The lowest BCUT2D eigenvalue weighted by Crippen LogP contribution is -1.66. The van der Waals surface area contributed by atoms with Gasteiger partial charge in [0.25, 0.3) is 0 Å². The number of thiophene rings is 1. The van der Waals surface area contributed by atoms with Crippen molar-refractivity contribution < 1.29 is 0 Å². The molecule has 0 bridgehead atoms. The molecule has 0 N–H and O–H groups in total. The quantitative estimate of drug-likeness (QED) is 0.563. The molecule has 0 radical (unpaired) electrons. The molecule has 0 saturated heterocycles. The van der Waals surface area contributed by atoms with Crippen molar-refractivity contribution in [1.82, 2.24) is 0 Å². The first-order valence-corrected chi connectivity index (χ1v) is 3.91. The van der Waals surface area contributed by atoms with Crippen molar-refractivity contribution in [3.05, 3.63) is 21.3 Å². The van der Waals surface area contributed by atoms with Crippen LogP contribution in [0.5, 0.6) is 0 Å². The fourth-order valence-electron chi connectivity index (χ4n) is 0.414. The van der Waals surface area contributed by atoms with E-state index in [2.05, 4.69) is 0 Å². The van der Waals surface area contributed by atoms with Gasteiger partial charge >= 0.3 is 0 Å². The first-order valence-electron chi connectivity index (χ1n) is 2.12. The van der Waals surface area contributed by atoms with E-state index in [1.54, 1.807) is 0 Å². The summed E-state index contributed by atoms with van der Waals surface area (Å²) in [7, 11) is 0. The van der Waals surface area contributed by atoms with Crippen LogP contribution in [0.25, 0.3) is 0 Å². The van der Waals surface area contributed by atoms with Gasteiger partial charge in [-0.3, -0.25) is 0 Å². The van der Waals surface area contributed by atoms with Gasteiger partial charge in [0.1, 0.15) is 0 Å². The van der Waals surface area contributed by atoms with Crippen LogP contribution in [0, 0.1) is 0 Å². The van der Waals surface area contributed by atoms with Crippen molar-refractivity contribution >= 4 is 34.5 Å². The second-order valence-electron chi connectivity index (χ2n) is 1.35. The zero-order chi connectivity index (χ0) is 5.98. The third-order valence-corrected chi connectivity index (χ3v) is 2.38. The molecule has 0 aliphatic rings.